The van der Waals surface area contributed by atoms with Crippen molar-refractivity contribution in [2.45, 2.75) is 0 Å². The summed E-state index contributed by atoms with van der Waals surface area (Å²) >= 11 is 1.17. The lowest BCUT2D eigenvalue weighted by molar-refractivity contribution is 0.0971. The van der Waals surface area contributed by atoms with Gasteiger partial charge < -0.3 is 5.32 Å². The molecular formula is C12H8F2N2O2S. The molecule has 0 fully saturated rings. The van der Waals surface area contributed by atoms with Crippen LogP contribution in [-0.2, 0) is 0 Å². The second kappa shape index (κ2) is 5.57. The Labute approximate surface area is 111 Å². The predicted octanol–water partition coefficient (Wildman–Crippen LogP) is 2.99. The number of hydrogen-bond acceptors (Lipinski definition) is 3. The van der Waals surface area contributed by atoms with Gasteiger partial charge in [0.2, 0.25) is 0 Å². The van der Waals surface area contributed by atoms with Crippen LogP contribution >= 0.6 is 11.3 Å². The van der Waals surface area contributed by atoms with Crippen LogP contribution in [0.5, 0.6) is 0 Å². The first-order valence-corrected chi connectivity index (χ1v) is 6.05. The smallest absolute Gasteiger partial charge is 0.305 e. The Hall–Kier alpha value is -2.28. The summed E-state index contributed by atoms with van der Waals surface area (Å²) in [6, 6.07) is 5.03. The second-order valence-electron chi connectivity index (χ2n) is 3.51. The van der Waals surface area contributed by atoms with Gasteiger partial charge in [0.1, 0.15) is 11.6 Å². The minimum absolute atomic E-state index is 0.210. The summed E-state index contributed by atoms with van der Waals surface area (Å²) < 4.78 is 25.9. The molecule has 0 saturated heterocycles. The molecule has 0 atom stereocenters. The fourth-order valence-corrected chi connectivity index (χ4v) is 1.94. The SMILES string of the molecule is O=C(NC(=O)c1cccs1)Nc1ccc(F)cc1F. The lowest BCUT2D eigenvalue weighted by Gasteiger charge is -2.06. The number of amides is 3. The van der Waals surface area contributed by atoms with Crippen LogP contribution in [0, 0.1) is 11.6 Å². The van der Waals surface area contributed by atoms with E-state index in [1.54, 1.807) is 17.5 Å². The van der Waals surface area contributed by atoms with Crippen molar-refractivity contribution in [2.24, 2.45) is 0 Å². The van der Waals surface area contributed by atoms with Crippen molar-refractivity contribution >= 4 is 29.0 Å². The van der Waals surface area contributed by atoms with Crippen LogP contribution in [0.25, 0.3) is 0 Å². The van der Waals surface area contributed by atoms with Crippen LogP contribution in [0.2, 0.25) is 0 Å². The van der Waals surface area contributed by atoms with Gasteiger partial charge in [0.25, 0.3) is 5.91 Å². The second-order valence-corrected chi connectivity index (χ2v) is 4.46. The molecule has 1 aromatic heterocycles. The van der Waals surface area contributed by atoms with E-state index in [0.29, 0.717) is 10.9 Å². The van der Waals surface area contributed by atoms with Crippen molar-refractivity contribution < 1.29 is 18.4 Å². The van der Waals surface area contributed by atoms with Gasteiger partial charge in [-0.3, -0.25) is 10.1 Å². The van der Waals surface area contributed by atoms with Gasteiger partial charge in [0, 0.05) is 6.07 Å². The summed E-state index contributed by atoms with van der Waals surface area (Å²) in [5.74, 6) is -2.26. The first kappa shape index (κ1) is 13.2. The molecule has 1 aromatic carbocycles. The number of imide groups is 1. The molecule has 0 aliphatic heterocycles. The van der Waals surface area contributed by atoms with Crippen molar-refractivity contribution in [1.82, 2.24) is 5.32 Å². The molecule has 19 heavy (non-hydrogen) atoms. The highest BCUT2D eigenvalue weighted by atomic mass is 32.1. The molecular weight excluding hydrogens is 274 g/mol. The summed E-state index contributed by atoms with van der Waals surface area (Å²) in [7, 11) is 0. The van der Waals surface area contributed by atoms with Crippen molar-refractivity contribution in [3.63, 3.8) is 0 Å². The first-order valence-electron chi connectivity index (χ1n) is 5.17. The Kier molecular flexibility index (Phi) is 3.86. The minimum atomic E-state index is -0.918. The van der Waals surface area contributed by atoms with Crippen LogP contribution in [0.4, 0.5) is 19.3 Å². The Morgan fingerprint density at radius 2 is 1.95 bits per heavy atom. The number of hydrogen-bond donors (Lipinski definition) is 2. The number of benzene rings is 1. The van der Waals surface area contributed by atoms with Crippen molar-refractivity contribution in [2.75, 3.05) is 5.32 Å². The highest BCUT2D eigenvalue weighted by Crippen LogP contribution is 2.14. The molecule has 2 aromatic rings. The highest BCUT2D eigenvalue weighted by molar-refractivity contribution is 7.12. The summed E-state index contributed by atoms with van der Waals surface area (Å²) in [5, 5.41) is 5.84. The third-order valence-corrected chi connectivity index (χ3v) is 3.02. The monoisotopic (exact) mass is 282 g/mol. The molecule has 2 rings (SSSR count). The van der Waals surface area contributed by atoms with Gasteiger partial charge in [-0.1, -0.05) is 6.07 Å². The Bertz CT molecular complexity index is 614. The maximum atomic E-state index is 13.3. The zero-order valence-corrected chi connectivity index (χ0v) is 10.3. The number of carbonyl (C=O) groups excluding carboxylic acids is 2. The third-order valence-electron chi connectivity index (χ3n) is 2.15. The van der Waals surface area contributed by atoms with Gasteiger partial charge in [0.05, 0.1) is 10.6 Å². The fourth-order valence-electron chi connectivity index (χ4n) is 1.32. The van der Waals surface area contributed by atoms with Gasteiger partial charge in [0.15, 0.2) is 0 Å². The Morgan fingerprint density at radius 1 is 1.16 bits per heavy atom. The van der Waals surface area contributed by atoms with Crippen LogP contribution in [0.3, 0.4) is 0 Å². The number of rotatable bonds is 2. The molecule has 0 aliphatic carbocycles. The van der Waals surface area contributed by atoms with Crippen molar-refractivity contribution in [1.29, 1.82) is 0 Å². The van der Waals surface area contributed by atoms with Gasteiger partial charge >= 0.3 is 6.03 Å². The van der Waals surface area contributed by atoms with Gasteiger partial charge in [-0.25, -0.2) is 13.6 Å². The van der Waals surface area contributed by atoms with Gasteiger partial charge in [-0.15, -0.1) is 11.3 Å². The number of carbonyl (C=O) groups is 2. The molecule has 7 heteroatoms. The minimum Gasteiger partial charge on any atom is -0.305 e. The van der Waals surface area contributed by atoms with Crippen molar-refractivity contribution in [3.05, 3.63) is 52.2 Å². The third kappa shape index (κ3) is 3.35. The van der Waals surface area contributed by atoms with Crippen LogP contribution in [-0.4, -0.2) is 11.9 Å². The average molecular weight is 282 g/mol. The molecule has 0 radical (unpaired) electrons. The molecule has 0 unspecified atom stereocenters. The predicted molar refractivity (Wildman–Crippen MR) is 67.2 cm³/mol. The Balaban J connectivity index is 2.00. The van der Waals surface area contributed by atoms with E-state index < -0.39 is 23.6 Å². The van der Waals surface area contributed by atoms with E-state index in [-0.39, 0.29) is 5.69 Å². The molecule has 4 nitrogen and oxygen atoms in total. The van der Waals surface area contributed by atoms with E-state index in [4.69, 9.17) is 0 Å². The van der Waals surface area contributed by atoms with Gasteiger partial charge in [-0.05, 0) is 23.6 Å². The molecule has 3 amide bonds. The summed E-state index contributed by atoms with van der Waals surface area (Å²) in [5.41, 5.74) is -0.210. The molecule has 0 spiro atoms. The summed E-state index contributed by atoms with van der Waals surface area (Å²) in [4.78, 5) is 23.3. The summed E-state index contributed by atoms with van der Waals surface area (Å²) in [6.45, 7) is 0. The van der Waals surface area contributed by atoms with E-state index in [9.17, 15) is 18.4 Å². The number of anilines is 1. The zero-order chi connectivity index (χ0) is 13.8. The average Bonchev–Trinajstić information content (AvgIpc) is 2.86. The zero-order valence-electron chi connectivity index (χ0n) is 9.44. The van der Waals surface area contributed by atoms with E-state index in [1.165, 1.54) is 11.3 Å². The lowest BCUT2D eigenvalue weighted by atomic mass is 10.3. The molecule has 98 valence electrons. The Morgan fingerprint density at radius 3 is 2.58 bits per heavy atom. The summed E-state index contributed by atoms with van der Waals surface area (Å²) in [6.07, 6.45) is 0. The normalized spacial score (nSPS) is 10.0. The van der Waals surface area contributed by atoms with Gasteiger partial charge in [-0.2, -0.15) is 0 Å². The lowest BCUT2D eigenvalue weighted by Crippen LogP contribution is -2.34. The van der Waals surface area contributed by atoms with E-state index in [1.807, 2.05) is 5.32 Å². The van der Waals surface area contributed by atoms with Crippen LogP contribution < -0.4 is 10.6 Å². The number of halogens is 2. The van der Waals surface area contributed by atoms with Crippen LogP contribution in [0.1, 0.15) is 9.67 Å². The number of thiophene rings is 1. The fraction of sp³-hybridized carbons (Fsp3) is 0. The molecule has 0 bridgehead atoms. The van der Waals surface area contributed by atoms with E-state index in [2.05, 4.69) is 5.32 Å². The first-order chi connectivity index (χ1) is 9.06. The topological polar surface area (TPSA) is 58.2 Å². The largest absolute Gasteiger partial charge is 0.326 e. The molecule has 0 aliphatic rings. The standard InChI is InChI=1S/C12H8F2N2O2S/c13-7-3-4-9(8(14)6-7)15-12(18)16-11(17)10-2-1-5-19-10/h1-6H,(H2,15,16,17,18). The molecule has 0 saturated carbocycles. The highest BCUT2D eigenvalue weighted by Gasteiger charge is 2.12. The number of urea groups is 1. The quantitative estimate of drug-likeness (QED) is 0.889. The maximum Gasteiger partial charge on any atom is 0.326 e. The number of nitrogens with one attached hydrogen (secondary N) is 2. The van der Waals surface area contributed by atoms with E-state index >= 15 is 0 Å². The maximum absolute atomic E-state index is 13.3. The van der Waals surface area contributed by atoms with E-state index in [0.717, 1.165) is 12.1 Å². The molecule has 1 heterocycles. The molecule has 2 N–H and O–H groups in total. The van der Waals surface area contributed by atoms with Crippen molar-refractivity contribution in [3.8, 4) is 0 Å². The van der Waals surface area contributed by atoms with Crippen LogP contribution in [0.15, 0.2) is 35.7 Å².